The molecule has 15 rings (SSSR count). The number of nitrogens with one attached hydrogen (secondary N) is 3. The maximum Gasteiger partial charge on any atom is 0.314 e. The van der Waals surface area contributed by atoms with Crippen molar-refractivity contribution in [1.82, 2.24) is 29.9 Å². The van der Waals surface area contributed by atoms with Crippen LogP contribution in [-0.4, -0.2) is 67.0 Å². The number of nitrogens with two attached hydrogens (primary N) is 1. The highest BCUT2D eigenvalue weighted by Gasteiger charge is 2.53. The van der Waals surface area contributed by atoms with E-state index < -0.39 is 22.2 Å². The number of aliphatic carboxylic acids is 1. The maximum absolute atomic E-state index is 13.3. The van der Waals surface area contributed by atoms with Crippen molar-refractivity contribution in [1.29, 1.82) is 0 Å². The number of hydrogen-bond donors (Lipinski definition) is 5. The van der Waals surface area contributed by atoms with Crippen molar-refractivity contribution < 1.29 is 43.2 Å². The molecular formula is C74H75N9O10. The van der Waals surface area contributed by atoms with Crippen molar-refractivity contribution in [2.75, 3.05) is 30.6 Å². The van der Waals surface area contributed by atoms with Gasteiger partial charge < -0.3 is 50.1 Å². The molecule has 9 aromatic rings. The number of rotatable bonds is 13. The Hall–Kier alpha value is -9.95. The number of nitrogens with zero attached hydrogens (tertiary/aromatic N) is 5. The molecule has 0 bridgehead atoms. The zero-order chi connectivity index (χ0) is 65.3. The van der Waals surface area contributed by atoms with Gasteiger partial charge in [-0.3, -0.25) is 19.2 Å². The number of methoxy groups -OCH3 is 2. The van der Waals surface area contributed by atoms with Gasteiger partial charge in [-0.05, 0) is 183 Å². The molecule has 3 aliphatic heterocycles. The van der Waals surface area contributed by atoms with Gasteiger partial charge in [-0.1, -0.05) is 72.8 Å². The molecule has 19 heteroatoms. The van der Waals surface area contributed by atoms with E-state index in [0.717, 1.165) is 122 Å². The van der Waals surface area contributed by atoms with Gasteiger partial charge in [0.2, 0.25) is 23.6 Å². The van der Waals surface area contributed by atoms with Gasteiger partial charge in [-0.15, -0.1) is 0 Å². The molecule has 93 heavy (non-hydrogen) atoms. The fraction of sp³-hybridized carbons (Fsp3) is 0.311. The van der Waals surface area contributed by atoms with Crippen LogP contribution in [0.4, 0.5) is 17.5 Å². The Morgan fingerprint density at radius 3 is 1.24 bits per heavy atom. The standard InChI is InChI=1S/C25H25N3O3.C24H23N3O3.C13H15N3O.C12H12O3/c1-15-4-7-21(27-22(15)18-10-16(2)23(30-3)26-12-18)28-24(29)25(8-9-25)20-6-5-17-13-31-14-19(17)11-20;1-14-3-6-20(26-21(14)17-9-15(2)22(28)25-11-17)27-23(29)24(7-8-24)19-5-4-16-12-30-13-18(16)10-19;1-8-4-5-11(14)16-12(8)10-6-9(2)13(17-3)15-7-10;13-11(14)12(3-4-12)10-2-1-8-6-15-7-9(8)5-10/h4-7,10-12H,8-9,13-14H2,1-3H3,(H,27,28,29);3-6,9-11H,7-8,12-13H2,1-2H3,(H,25,28)(H,26,27,29);4-7H,1-3H3,(H2,14,16);1-2,5H,3-4,6-7H2,(H,13,14). The van der Waals surface area contributed by atoms with E-state index in [9.17, 15) is 24.3 Å². The van der Waals surface area contributed by atoms with Crippen LogP contribution in [0.3, 0.4) is 0 Å². The number of nitrogen functional groups attached to an aromatic ring is 1. The number of aromatic nitrogens is 6. The Morgan fingerprint density at radius 1 is 0.473 bits per heavy atom. The SMILES string of the molecule is COc1ncc(-c2nc(N)ccc2C)cc1C.COc1ncc(-c2nc(NC(=O)C3(c4ccc5c(c4)COC5)CC3)ccc2C)cc1C.Cc1ccc(NC(=O)C2(c3ccc4c(c3)COC4)CC2)nc1-c1c[nH]c(=O)c(C)c1.O=C(O)C1(c2ccc3c(c2)COC3)CC1. The van der Waals surface area contributed by atoms with Crippen molar-refractivity contribution >= 4 is 35.2 Å². The highest BCUT2D eigenvalue weighted by atomic mass is 16.5. The molecular weight excluding hydrogens is 1170 g/mol. The molecule has 6 N–H and O–H groups in total. The summed E-state index contributed by atoms with van der Waals surface area (Å²) in [5.41, 5.74) is 24.9. The minimum atomic E-state index is -0.693. The number of carboxylic acid groups (broad SMARTS) is 1. The molecule has 476 valence electrons. The van der Waals surface area contributed by atoms with Gasteiger partial charge in [-0.2, -0.15) is 0 Å². The van der Waals surface area contributed by atoms with Gasteiger partial charge in [0.15, 0.2) is 0 Å². The lowest BCUT2D eigenvalue weighted by atomic mass is 9.92. The molecule has 0 atom stereocenters. The van der Waals surface area contributed by atoms with Crippen LogP contribution in [-0.2, 0) is 84.5 Å². The molecule has 2 amide bonds. The van der Waals surface area contributed by atoms with E-state index in [1.807, 2.05) is 101 Å². The largest absolute Gasteiger partial charge is 0.481 e. The number of carbonyl (C=O) groups excluding carboxylic acids is 2. The van der Waals surface area contributed by atoms with Crippen LogP contribution >= 0.6 is 0 Å². The minimum Gasteiger partial charge on any atom is -0.481 e. The molecule has 19 nitrogen and oxygen atoms in total. The number of aryl methyl sites for hydroxylation is 6. The third-order valence-corrected chi connectivity index (χ3v) is 18.5. The first kappa shape index (κ1) is 63.2. The quantitative estimate of drug-likeness (QED) is 0.0718. The van der Waals surface area contributed by atoms with E-state index in [4.69, 9.17) is 34.4 Å². The van der Waals surface area contributed by atoms with Gasteiger partial charge in [0.1, 0.15) is 17.5 Å². The summed E-state index contributed by atoms with van der Waals surface area (Å²) in [6.45, 7) is 15.5. The second-order valence-corrected chi connectivity index (χ2v) is 25.0. The summed E-state index contributed by atoms with van der Waals surface area (Å²) in [6.07, 6.45) is 10.0. The summed E-state index contributed by atoms with van der Waals surface area (Å²) in [6, 6.07) is 35.6. The predicted octanol–water partition coefficient (Wildman–Crippen LogP) is 12.4. The zero-order valence-corrected chi connectivity index (χ0v) is 53.5. The number of fused-ring (bicyclic) bond motifs is 3. The molecule has 0 radical (unpaired) electrons. The van der Waals surface area contributed by atoms with Crippen molar-refractivity contribution in [3.05, 3.63) is 222 Å². The first-order chi connectivity index (χ1) is 44.8. The number of hydrogen-bond acceptors (Lipinski definition) is 15. The van der Waals surface area contributed by atoms with E-state index in [1.54, 1.807) is 45.8 Å². The lowest BCUT2D eigenvalue weighted by Gasteiger charge is -2.17. The smallest absolute Gasteiger partial charge is 0.314 e. The fourth-order valence-electron chi connectivity index (χ4n) is 12.3. The first-order valence-corrected chi connectivity index (χ1v) is 31.2. The number of aromatic amines is 1. The topological polar surface area (TPSA) is 265 Å². The van der Waals surface area contributed by atoms with Gasteiger partial charge >= 0.3 is 5.97 Å². The van der Waals surface area contributed by atoms with Crippen molar-refractivity contribution in [3.8, 4) is 45.5 Å². The molecule has 9 heterocycles. The van der Waals surface area contributed by atoms with E-state index in [-0.39, 0.29) is 17.4 Å². The monoisotopic (exact) mass is 1250 g/mol. The molecule has 3 saturated carbocycles. The predicted molar refractivity (Wildman–Crippen MR) is 354 cm³/mol. The van der Waals surface area contributed by atoms with Crippen LogP contribution in [0, 0.1) is 41.5 Å². The number of pyridine rings is 6. The summed E-state index contributed by atoms with van der Waals surface area (Å²) in [4.78, 5) is 74.4. The van der Waals surface area contributed by atoms with Crippen LogP contribution in [0.15, 0.2) is 133 Å². The van der Waals surface area contributed by atoms with E-state index in [1.165, 1.54) is 27.8 Å². The Bertz CT molecular complexity index is 4470. The summed E-state index contributed by atoms with van der Waals surface area (Å²) in [7, 11) is 3.22. The first-order valence-electron chi connectivity index (χ1n) is 31.2. The molecule has 3 fully saturated rings. The molecule has 3 aromatic carbocycles. The summed E-state index contributed by atoms with van der Waals surface area (Å²) in [5.74, 6) is 2.09. The lowest BCUT2D eigenvalue weighted by Crippen LogP contribution is -2.28. The van der Waals surface area contributed by atoms with Gasteiger partial charge in [0, 0.05) is 52.0 Å². The summed E-state index contributed by atoms with van der Waals surface area (Å²) in [5, 5.41) is 15.3. The van der Waals surface area contributed by atoms with E-state index >= 15 is 0 Å². The minimum absolute atomic E-state index is 0.00213. The Kier molecular flexibility index (Phi) is 17.7. The van der Waals surface area contributed by atoms with Gasteiger partial charge in [0.05, 0.1) is 87.2 Å². The number of H-pyrrole nitrogens is 1. The van der Waals surface area contributed by atoms with Crippen LogP contribution in [0.2, 0.25) is 0 Å². The normalized spacial score (nSPS) is 15.8. The highest BCUT2D eigenvalue weighted by Crippen LogP contribution is 2.52. The van der Waals surface area contributed by atoms with Crippen molar-refractivity contribution in [2.45, 2.75) is 136 Å². The van der Waals surface area contributed by atoms with Gasteiger partial charge in [0.25, 0.3) is 5.56 Å². The fourth-order valence-corrected chi connectivity index (χ4v) is 12.3. The second-order valence-electron chi connectivity index (χ2n) is 25.0. The zero-order valence-electron chi connectivity index (χ0n) is 53.5. The molecule has 6 aromatic heterocycles. The van der Waals surface area contributed by atoms with Crippen molar-refractivity contribution in [2.24, 2.45) is 0 Å². The average Bonchev–Trinajstić information content (AvgIpc) is 1.62. The second kappa shape index (κ2) is 26.0. The molecule has 0 unspecified atom stereocenters. The Balaban J connectivity index is 0.000000125. The molecule has 0 spiro atoms. The number of anilines is 3. The molecule has 6 aliphatic rings. The van der Waals surface area contributed by atoms with E-state index in [0.29, 0.717) is 74.4 Å². The number of ether oxygens (including phenoxy) is 5. The number of benzene rings is 3. The number of carboxylic acids is 1. The molecule has 3 aliphatic carbocycles. The Morgan fingerprint density at radius 2 is 0.849 bits per heavy atom. The third-order valence-electron chi connectivity index (χ3n) is 18.5. The summed E-state index contributed by atoms with van der Waals surface area (Å²) >= 11 is 0. The van der Waals surface area contributed by atoms with Gasteiger partial charge in [-0.25, -0.2) is 24.9 Å². The lowest BCUT2D eigenvalue weighted by molar-refractivity contribution is -0.140. The number of carbonyl (C=O) groups is 3. The maximum atomic E-state index is 13.3. The third kappa shape index (κ3) is 13.1. The highest BCUT2D eigenvalue weighted by molar-refractivity contribution is 6.02. The van der Waals surface area contributed by atoms with E-state index in [2.05, 4.69) is 72.0 Å². The van der Waals surface area contributed by atoms with Crippen LogP contribution in [0.25, 0.3) is 33.8 Å². The van der Waals surface area contributed by atoms with Crippen LogP contribution in [0.1, 0.15) is 122 Å². The Labute approximate surface area is 539 Å². The van der Waals surface area contributed by atoms with Crippen molar-refractivity contribution in [3.63, 3.8) is 0 Å². The molecule has 0 saturated heterocycles. The van der Waals surface area contributed by atoms with Crippen LogP contribution in [0.5, 0.6) is 11.8 Å². The number of amides is 2. The van der Waals surface area contributed by atoms with Crippen LogP contribution < -0.4 is 31.4 Å². The average molecular weight is 1250 g/mol. The summed E-state index contributed by atoms with van der Waals surface area (Å²) < 4.78 is 26.7.